The number of hydrogen-bond donors (Lipinski definition) is 1. The summed E-state index contributed by atoms with van der Waals surface area (Å²) < 4.78 is 13.7. The van der Waals surface area contributed by atoms with Crippen molar-refractivity contribution in [3.63, 3.8) is 0 Å². The third-order valence-corrected chi connectivity index (χ3v) is 3.53. The number of aliphatic imine (C=N–C) groups is 1. The molecule has 0 atom stereocenters. The minimum atomic E-state index is -0.259. The van der Waals surface area contributed by atoms with E-state index in [1.54, 1.807) is 6.08 Å². The molecular weight excluding hydrogens is 217 g/mol. The molecule has 1 aliphatic carbocycles. The molecule has 0 aromatic rings. The smallest absolute Gasteiger partial charge is 0.149 e. The SMILES string of the molecule is NC1=C2CC=CC(F)=C2N=C2CCCCCN21. The van der Waals surface area contributed by atoms with E-state index in [0.717, 1.165) is 37.2 Å². The van der Waals surface area contributed by atoms with Gasteiger partial charge in [-0.15, -0.1) is 0 Å². The lowest BCUT2D eigenvalue weighted by atomic mass is 10.0. The third-order valence-electron chi connectivity index (χ3n) is 3.53. The quantitative estimate of drug-likeness (QED) is 0.698. The van der Waals surface area contributed by atoms with E-state index in [1.807, 2.05) is 0 Å². The first kappa shape index (κ1) is 10.6. The Balaban J connectivity index is 2.08. The molecule has 2 heterocycles. The van der Waals surface area contributed by atoms with E-state index in [1.165, 1.54) is 12.5 Å². The minimum absolute atomic E-state index is 0.259. The van der Waals surface area contributed by atoms with Crippen molar-refractivity contribution >= 4 is 5.84 Å². The third kappa shape index (κ3) is 1.68. The molecule has 3 rings (SSSR count). The van der Waals surface area contributed by atoms with Crippen LogP contribution in [0.5, 0.6) is 0 Å². The molecule has 2 aliphatic heterocycles. The van der Waals surface area contributed by atoms with Gasteiger partial charge in [-0.05, 0) is 25.3 Å². The Morgan fingerprint density at radius 3 is 3.06 bits per heavy atom. The van der Waals surface area contributed by atoms with Crippen LogP contribution < -0.4 is 5.73 Å². The van der Waals surface area contributed by atoms with Crippen LogP contribution in [-0.4, -0.2) is 17.3 Å². The van der Waals surface area contributed by atoms with Crippen molar-refractivity contribution in [3.05, 3.63) is 35.1 Å². The average molecular weight is 233 g/mol. The van der Waals surface area contributed by atoms with Crippen molar-refractivity contribution < 1.29 is 4.39 Å². The van der Waals surface area contributed by atoms with E-state index >= 15 is 0 Å². The largest absolute Gasteiger partial charge is 0.385 e. The molecular formula is C13H16FN3. The van der Waals surface area contributed by atoms with Gasteiger partial charge in [0.2, 0.25) is 0 Å². The highest BCUT2D eigenvalue weighted by atomic mass is 19.1. The van der Waals surface area contributed by atoms with E-state index in [9.17, 15) is 4.39 Å². The Morgan fingerprint density at radius 1 is 1.29 bits per heavy atom. The summed E-state index contributed by atoms with van der Waals surface area (Å²) in [5.41, 5.74) is 7.47. The first-order valence-corrected chi connectivity index (χ1v) is 6.18. The summed E-state index contributed by atoms with van der Waals surface area (Å²) in [5.74, 6) is 1.38. The van der Waals surface area contributed by atoms with Crippen LogP contribution in [0.2, 0.25) is 0 Å². The maximum absolute atomic E-state index is 13.7. The molecule has 90 valence electrons. The Kier molecular flexibility index (Phi) is 2.50. The van der Waals surface area contributed by atoms with Crippen LogP contribution in [0, 0.1) is 0 Å². The zero-order valence-electron chi connectivity index (χ0n) is 9.75. The summed E-state index contributed by atoms with van der Waals surface area (Å²) in [7, 11) is 0. The van der Waals surface area contributed by atoms with Gasteiger partial charge < -0.3 is 10.6 Å². The van der Waals surface area contributed by atoms with Crippen molar-refractivity contribution in [2.24, 2.45) is 10.7 Å². The summed E-state index contributed by atoms with van der Waals surface area (Å²) >= 11 is 0. The Morgan fingerprint density at radius 2 is 2.18 bits per heavy atom. The van der Waals surface area contributed by atoms with Crippen molar-refractivity contribution in [1.82, 2.24) is 4.90 Å². The van der Waals surface area contributed by atoms with Crippen LogP contribution in [-0.2, 0) is 0 Å². The molecule has 0 unspecified atom stereocenters. The minimum Gasteiger partial charge on any atom is -0.385 e. The lowest BCUT2D eigenvalue weighted by molar-refractivity contribution is 0.479. The van der Waals surface area contributed by atoms with Crippen LogP contribution in [0.4, 0.5) is 4.39 Å². The molecule has 4 heteroatoms. The van der Waals surface area contributed by atoms with Gasteiger partial charge in [0.1, 0.15) is 23.2 Å². The highest BCUT2D eigenvalue weighted by Gasteiger charge is 2.28. The highest BCUT2D eigenvalue weighted by molar-refractivity contribution is 5.87. The molecule has 1 fully saturated rings. The first-order valence-electron chi connectivity index (χ1n) is 6.18. The van der Waals surface area contributed by atoms with Crippen LogP contribution in [0.15, 0.2) is 40.1 Å². The number of amidine groups is 1. The van der Waals surface area contributed by atoms with Gasteiger partial charge in [0, 0.05) is 18.5 Å². The topological polar surface area (TPSA) is 41.6 Å². The molecule has 3 aliphatic rings. The molecule has 17 heavy (non-hydrogen) atoms. The number of halogens is 1. The van der Waals surface area contributed by atoms with E-state index in [4.69, 9.17) is 5.73 Å². The molecule has 0 saturated carbocycles. The van der Waals surface area contributed by atoms with Gasteiger partial charge in [0.05, 0.1) is 0 Å². The van der Waals surface area contributed by atoms with Gasteiger partial charge in [-0.2, -0.15) is 0 Å². The van der Waals surface area contributed by atoms with E-state index in [-0.39, 0.29) is 5.83 Å². The molecule has 0 aromatic heterocycles. The first-order chi connectivity index (χ1) is 8.27. The monoisotopic (exact) mass is 233 g/mol. The number of nitrogens with two attached hydrogens (primary N) is 1. The van der Waals surface area contributed by atoms with E-state index < -0.39 is 0 Å². The lowest BCUT2D eigenvalue weighted by Crippen LogP contribution is -2.37. The summed E-state index contributed by atoms with van der Waals surface area (Å²) in [6, 6.07) is 0. The normalized spacial score (nSPS) is 24.3. The number of fused-ring (bicyclic) bond motifs is 2. The van der Waals surface area contributed by atoms with Crippen molar-refractivity contribution in [2.75, 3.05) is 6.54 Å². The Labute approximate surface area is 100 Å². The fraction of sp³-hybridized carbons (Fsp3) is 0.462. The fourth-order valence-electron chi connectivity index (χ4n) is 2.61. The van der Waals surface area contributed by atoms with Crippen LogP contribution in [0.3, 0.4) is 0 Å². The predicted octanol–water partition coefficient (Wildman–Crippen LogP) is 2.59. The van der Waals surface area contributed by atoms with Gasteiger partial charge in [-0.3, -0.25) is 0 Å². The van der Waals surface area contributed by atoms with Gasteiger partial charge in [-0.25, -0.2) is 9.38 Å². The maximum Gasteiger partial charge on any atom is 0.149 e. The van der Waals surface area contributed by atoms with Crippen LogP contribution in [0.1, 0.15) is 32.1 Å². The summed E-state index contributed by atoms with van der Waals surface area (Å²) in [6.07, 6.45) is 8.31. The van der Waals surface area contributed by atoms with Gasteiger partial charge in [0.25, 0.3) is 0 Å². The molecule has 0 amide bonds. The number of allylic oxidation sites excluding steroid dienone is 4. The summed E-state index contributed by atoms with van der Waals surface area (Å²) in [6.45, 7) is 0.910. The predicted molar refractivity (Wildman–Crippen MR) is 65.7 cm³/mol. The second-order valence-electron chi connectivity index (χ2n) is 4.66. The van der Waals surface area contributed by atoms with Crippen molar-refractivity contribution in [1.29, 1.82) is 0 Å². The second kappa shape index (κ2) is 4.02. The molecule has 2 N–H and O–H groups in total. The zero-order chi connectivity index (χ0) is 11.8. The fourth-order valence-corrected chi connectivity index (χ4v) is 2.61. The van der Waals surface area contributed by atoms with E-state index in [2.05, 4.69) is 9.89 Å². The van der Waals surface area contributed by atoms with Gasteiger partial charge in [-0.1, -0.05) is 12.5 Å². The molecule has 3 nitrogen and oxygen atoms in total. The Bertz CT molecular complexity index is 471. The number of rotatable bonds is 0. The summed E-state index contributed by atoms with van der Waals surface area (Å²) in [4.78, 5) is 6.54. The second-order valence-corrected chi connectivity index (χ2v) is 4.66. The average Bonchev–Trinajstić information content (AvgIpc) is 2.56. The molecule has 0 radical (unpaired) electrons. The van der Waals surface area contributed by atoms with E-state index in [0.29, 0.717) is 17.9 Å². The maximum atomic E-state index is 13.7. The van der Waals surface area contributed by atoms with Crippen molar-refractivity contribution in [3.8, 4) is 0 Å². The van der Waals surface area contributed by atoms with Gasteiger partial charge >= 0.3 is 0 Å². The lowest BCUT2D eigenvalue weighted by Gasteiger charge is -2.31. The highest BCUT2D eigenvalue weighted by Crippen LogP contribution is 2.34. The van der Waals surface area contributed by atoms with Gasteiger partial charge in [0.15, 0.2) is 0 Å². The number of nitrogens with zero attached hydrogens (tertiary/aromatic N) is 2. The molecule has 1 saturated heterocycles. The number of hydrogen-bond acceptors (Lipinski definition) is 3. The zero-order valence-corrected chi connectivity index (χ0v) is 9.75. The summed E-state index contributed by atoms with van der Waals surface area (Å²) in [5, 5.41) is 0. The molecule has 0 bridgehead atoms. The van der Waals surface area contributed by atoms with Crippen LogP contribution in [0.25, 0.3) is 0 Å². The standard InChI is InChI=1S/C13H16FN3/c14-10-6-4-5-9-12(10)16-11-7-2-1-3-8-17(11)13(9)15/h4,6H,1-3,5,7-8,15H2. The van der Waals surface area contributed by atoms with Crippen LogP contribution >= 0.6 is 0 Å². The molecule has 0 aromatic carbocycles. The molecule has 0 spiro atoms. The van der Waals surface area contributed by atoms with Crippen molar-refractivity contribution in [2.45, 2.75) is 32.1 Å². The Hall–Kier alpha value is -1.58.